The van der Waals surface area contributed by atoms with E-state index in [4.69, 9.17) is 5.11 Å². The summed E-state index contributed by atoms with van der Waals surface area (Å²) in [6.45, 7) is 2.61. The van der Waals surface area contributed by atoms with Crippen molar-refractivity contribution >= 4 is 0 Å². The van der Waals surface area contributed by atoms with Gasteiger partial charge in [-0.3, -0.25) is 0 Å². The summed E-state index contributed by atoms with van der Waals surface area (Å²) >= 11 is 0. The van der Waals surface area contributed by atoms with E-state index < -0.39 is 0 Å². The molecule has 1 aliphatic carbocycles. The number of hydrogen-bond acceptors (Lipinski definition) is 2. The molecule has 1 saturated heterocycles. The zero-order valence-corrected chi connectivity index (χ0v) is 6.27. The minimum Gasteiger partial charge on any atom is -0.396 e. The van der Waals surface area contributed by atoms with Crippen LogP contribution in [0.15, 0.2) is 0 Å². The Morgan fingerprint density at radius 2 is 2.50 bits per heavy atom. The van der Waals surface area contributed by atoms with E-state index >= 15 is 0 Å². The molecule has 1 heterocycles. The van der Waals surface area contributed by atoms with Gasteiger partial charge in [0.2, 0.25) is 0 Å². The Morgan fingerprint density at radius 3 is 3.20 bits per heavy atom. The molecule has 2 unspecified atom stereocenters. The number of hydrogen-bond donors (Lipinski definition) is 2. The number of aliphatic hydroxyl groups is 1. The number of fused-ring (bicyclic) bond motifs is 2. The van der Waals surface area contributed by atoms with Gasteiger partial charge in [-0.2, -0.15) is 0 Å². The van der Waals surface area contributed by atoms with Gasteiger partial charge in [-0.05, 0) is 31.7 Å². The van der Waals surface area contributed by atoms with Crippen molar-refractivity contribution in [3.05, 3.63) is 0 Å². The second kappa shape index (κ2) is 2.21. The fourth-order valence-electron chi connectivity index (χ4n) is 2.40. The first-order chi connectivity index (χ1) is 4.85. The molecule has 2 aliphatic rings. The molecule has 2 heteroatoms. The zero-order valence-electron chi connectivity index (χ0n) is 6.27. The molecule has 1 saturated carbocycles. The largest absolute Gasteiger partial charge is 0.396 e. The van der Waals surface area contributed by atoms with Crippen LogP contribution in [0.5, 0.6) is 0 Å². The van der Waals surface area contributed by atoms with Crippen LogP contribution in [0, 0.1) is 11.3 Å². The summed E-state index contributed by atoms with van der Waals surface area (Å²) in [7, 11) is 0. The normalized spacial score (nSPS) is 45.9. The van der Waals surface area contributed by atoms with Crippen molar-refractivity contribution in [2.45, 2.75) is 19.3 Å². The van der Waals surface area contributed by atoms with Gasteiger partial charge in [-0.25, -0.2) is 0 Å². The first-order valence-corrected chi connectivity index (χ1v) is 4.16. The Balaban J connectivity index is 2.10. The lowest BCUT2D eigenvalue weighted by Gasteiger charge is -2.31. The molecule has 2 N–H and O–H groups in total. The van der Waals surface area contributed by atoms with Crippen molar-refractivity contribution in [1.29, 1.82) is 0 Å². The average Bonchev–Trinajstić information content (AvgIpc) is 2.29. The Morgan fingerprint density at radius 1 is 1.60 bits per heavy atom. The molecule has 10 heavy (non-hydrogen) atoms. The van der Waals surface area contributed by atoms with Gasteiger partial charge in [0.15, 0.2) is 0 Å². The minimum atomic E-state index is 0.281. The molecule has 0 spiro atoms. The highest BCUT2D eigenvalue weighted by molar-refractivity contribution is 4.94. The molecule has 2 rings (SSSR count). The summed E-state index contributed by atoms with van der Waals surface area (Å²) in [6, 6.07) is 0. The highest BCUT2D eigenvalue weighted by Gasteiger charge is 2.41. The van der Waals surface area contributed by atoms with Gasteiger partial charge >= 0.3 is 0 Å². The molecule has 58 valence electrons. The highest BCUT2D eigenvalue weighted by Crippen LogP contribution is 2.43. The van der Waals surface area contributed by atoms with E-state index in [-0.39, 0.29) is 5.41 Å². The molecule has 2 bridgehead atoms. The van der Waals surface area contributed by atoms with Gasteiger partial charge in [-0.15, -0.1) is 0 Å². The van der Waals surface area contributed by atoms with Crippen molar-refractivity contribution in [1.82, 2.24) is 5.32 Å². The maximum absolute atomic E-state index is 9.13. The monoisotopic (exact) mass is 141 g/mol. The summed E-state index contributed by atoms with van der Waals surface area (Å²) in [6.07, 6.45) is 3.82. The summed E-state index contributed by atoms with van der Waals surface area (Å²) < 4.78 is 0. The van der Waals surface area contributed by atoms with Crippen molar-refractivity contribution < 1.29 is 5.11 Å². The van der Waals surface area contributed by atoms with E-state index in [1.165, 1.54) is 25.8 Å². The topological polar surface area (TPSA) is 32.3 Å². The van der Waals surface area contributed by atoms with E-state index in [1.54, 1.807) is 0 Å². The van der Waals surface area contributed by atoms with Crippen molar-refractivity contribution in [3.8, 4) is 0 Å². The molecule has 0 radical (unpaired) electrons. The molecule has 2 atom stereocenters. The van der Waals surface area contributed by atoms with Gasteiger partial charge in [0.1, 0.15) is 0 Å². The number of piperidine rings is 1. The molecule has 2 fully saturated rings. The van der Waals surface area contributed by atoms with Crippen LogP contribution in [-0.2, 0) is 0 Å². The molecule has 2 nitrogen and oxygen atoms in total. The lowest BCUT2D eigenvalue weighted by atomic mass is 9.84. The van der Waals surface area contributed by atoms with Crippen LogP contribution in [0.3, 0.4) is 0 Å². The Bertz CT molecular complexity index is 133. The fourth-order valence-corrected chi connectivity index (χ4v) is 2.40. The van der Waals surface area contributed by atoms with Crippen LogP contribution in [0.25, 0.3) is 0 Å². The van der Waals surface area contributed by atoms with E-state index in [2.05, 4.69) is 5.32 Å². The van der Waals surface area contributed by atoms with E-state index in [1.807, 2.05) is 0 Å². The standard InChI is InChI=1S/C8H15NO/c10-6-8-2-1-7(3-8)4-9-5-8/h7,9-10H,1-6H2. The summed E-state index contributed by atoms with van der Waals surface area (Å²) in [5.41, 5.74) is 0.281. The number of nitrogens with one attached hydrogen (secondary N) is 1. The minimum absolute atomic E-state index is 0.281. The Labute approximate surface area is 61.6 Å². The van der Waals surface area contributed by atoms with Gasteiger partial charge in [0.05, 0.1) is 0 Å². The number of rotatable bonds is 1. The van der Waals surface area contributed by atoms with Crippen LogP contribution in [0.2, 0.25) is 0 Å². The smallest absolute Gasteiger partial charge is 0.0499 e. The van der Waals surface area contributed by atoms with E-state index in [0.717, 1.165) is 12.5 Å². The van der Waals surface area contributed by atoms with Crippen molar-refractivity contribution in [3.63, 3.8) is 0 Å². The van der Waals surface area contributed by atoms with E-state index in [9.17, 15) is 0 Å². The lowest BCUT2D eigenvalue weighted by Crippen LogP contribution is -2.41. The first-order valence-electron chi connectivity index (χ1n) is 4.16. The van der Waals surface area contributed by atoms with Crippen molar-refractivity contribution in [2.24, 2.45) is 11.3 Å². The fraction of sp³-hybridized carbons (Fsp3) is 1.00. The van der Waals surface area contributed by atoms with Crippen molar-refractivity contribution in [2.75, 3.05) is 19.7 Å². The van der Waals surface area contributed by atoms with Crippen LogP contribution in [0.4, 0.5) is 0 Å². The quantitative estimate of drug-likeness (QED) is 0.553. The molecule has 0 aromatic rings. The molecule has 0 aromatic heterocycles. The van der Waals surface area contributed by atoms with Crippen LogP contribution in [0.1, 0.15) is 19.3 Å². The van der Waals surface area contributed by atoms with Gasteiger partial charge in [-0.1, -0.05) is 0 Å². The van der Waals surface area contributed by atoms with Crippen LogP contribution >= 0.6 is 0 Å². The second-order valence-electron chi connectivity index (χ2n) is 3.90. The third-order valence-corrected chi connectivity index (χ3v) is 3.07. The summed E-state index contributed by atoms with van der Waals surface area (Å²) in [5, 5.41) is 12.5. The second-order valence-corrected chi connectivity index (χ2v) is 3.90. The number of aliphatic hydroxyl groups excluding tert-OH is 1. The maximum Gasteiger partial charge on any atom is 0.0499 e. The van der Waals surface area contributed by atoms with Gasteiger partial charge in [0.25, 0.3) is 0 Å². The highest BCUT2D eigenvalue weighted by atomic mass is 16.3. The average molecular weight is 141 g/mol. The third-order valence-electron chi connectivity index (χ3n) is 3.07. The molecule has 0 aromatic carbocycles. The molecular formula is C8H15NO. The van der Waals surface area contributed by atoms with Gasteiger partial charge in [0, 0.05) is 18.6 Å². The zero-order chi connectivity index (χ0) is 7.03. The lowest BCUT2D eigenvalue weighted by molar-refractivity contribution is 0.110. The Hall–Kier alpha value is -0.0800. The molecule has 0 amide bonds. The molecule has 1 aliphatic heterocycles. The van der Waals surface area contributed by atoms with E-state index in [0.29, 0.717) is 6.61 Å². The maximum atomic E-state index is 9.13. The Kier molecular flexibility index (Phi) is 1.46. The SMILES string of the molecule is OCC12CCC(CNC1)C2. The van der Waals surface area contributed by atoms with Gasteiger partial charge < -0.3 is 10.4 Å². The predicted molar refractivity (Wildman–Crippen MR) is 39.7 cm³/mol. The first kappa shape index (κ1) is 6.62. The van der Waals surface area contributed by atoms with Crippen LogP contribution in [-0.4, -0.2) is 24.8 Å². The summed E-state index contributed by atoms with van der Waals surface area (Å²) in [5.74, 6) is 0.862. The molecular weight excluding hydrogens is 126 g/mol. The predicted octanol–water partition coefficient (Wildman–Crippen LogP) is 0.368. The van der Waals surface area contributed by atoms with Crippen LogP contribution < -0.4 is 5.32 Å². The third kappa shape index (κ3) is 0.867. The summed E-state index contributed by atoms with van der Waals surface area (Å²) in [4.78, 5) is 0.